The molecule has 0 fully saturated rings. The SMILES string of the molecule is Cc1c(Cl)ccc2c(NC(=O)c3cccc([N+](=O)[O-])c3)ccnc12. The highest BCUT2D eigenvalue weighted by atomic mass is 35.5. The van der Waals surface area contributed by atoms with E-state index in [2.05, 4.69) is 10.3 Å². The van der Waals surface area contributed by atoms with Crippen molar-refractivity contribution in [3.8, 4) is 0 Å². The predicted octanol–water partition coefficient (Wildman–Crippen LogP) is 4.36. The van der Waals surface area contributed by atoms with E-state index in [0.29, 0.717) is 16.2 Å². The summed E-state index contributed by atoms with van der Waals surface area (Å²) in [5.74, 6) is -0.432. The molecule has 0 saturated carbocycles. The molecule has 0 radical (unpaired) electrons. The van der Waals surface area contributed by atoms with Gasteiger partial charge in [0, 0.05) is 34.3 Å². The van der Waals surface area contributed by atoms with Crippen LogP contribution < -0.4 is 5.32 Å². The zero-order chi connectivity index (χ0) is 17.3. The number of carbonyl (C=O) groups excluding carboxylic acids is 1. The molecule has 6 nitrogen and oxygen atoms in total. The highest BCUT2D eigenvalue weighted by Gasteiger charge is 2.14. The van der Waals surface area contributed by atoms with Crippen molar-refractivity contribution in [1.82, 2.24) is 4.98 Å². The Hall–Kier alpha value is -2.99. The van der Waals surface area contributed by atoms with Crippen molar-refractivity contribution in [2.75, 3.05) is 5.32 Å². The summed E-state index contributed by atoms with van der Waals surface area (Å²) in [6, 6.07) is 10.8. The molecule has 1 N–H and O–H groups in total. The summed E-state index contributed by atoms with van der Waals surface area (Å²) >= 11 is 6.10. The number of hydrogen-bond donors (Lipinski definition) is 1. The molecular weight excluding hydrogens is 330 g/mol. The van der Waals surface area contributed by atoms with E-state index in [9.17, 15) is 14.9 Å². The second-order valence-electron chi connectivity index (χ2n) is 5.19. The first-order chi connectivity index (χ1) is 11.5. The number of halogens is 1. The van der Waals surface area contributed by atoms with Crippen LogP contribution >= 0.6 is 11.6 Å². The number of pyridine rings is 1. The quantitative estimate of drug-likeness (QED) is 0.566. The molecule has 0 unspecified atom stereocenters. The molecule has 1 amide bonds. The number of rotatable bonds is 3. The van der Waals surface area contributed by atoms with Gasteiger partial charge >= 0.3 is 0 Å². The fourth-order valence-electron chi connectivity index (χ4n) is 2.40. The normalized spacial score (nSPS) is 10.6. The lowest BCUT2D eigenvalue weighted by atomic mass is 10.1. The van der Waals surface area contributed by atoms with Crippen LogP contribution in [0.5, 0.6) is 0 Å². The lowest BCUT2D eigenvalue weighted by Gasteiger charge is -2.10. The Morgan fingerprint density at radius 3 is 2.79 bits per heavy atom. The second-order valence-corrected chi connectivity index (χ2v) is 5.60. The van der Waals surface area contributed by atoms with Gasteiger partial charge in [0.1, 0.15) is 0 Å². The maximum atomic E-state index is 12.4. The lowest BCUT2D eigenvalue weighted by molar-refractivity contribution is -0.384. The molecule has 0 bridgehead atoms. The van der Waals surface area contributed by atoms with Crippen molar-refractivity contribution >= 4 is 39.8 Å². The standard InChI is InChI=1S/C17H12ClN3O3/c1-10-14(18)6-5-13-15(7-8-19-16(10)13)20-17(22)11-3-2-4-12(9-11)21(23)24/h2-9H,1H3,(H,19,20,22). The number of aromatic nitrogens is 1. The second kappa shape index (κ2) is 6.25. The highest BCUT2D eigenvalue weighted by molar-refractivity contribution is 6.32. The number of anilines is 1. The summed E-state index contributed by atoms with van der Waals surface area (Å²) in [6.07, 6.45) is 1.58. The third kappa shape index (κ3) is 2.91. The average molecular weight is 342 g/mol. The fourth-order valence-corrected chi connectivity index (χ4v) is 2.55. The Labute approximate surface area is 142 Å². The summed E-state index contributed by atoms with van der Waals surface area (Å²) in [4.78, 5) is 27.0. The number of nitro benzene ring substituents is 1. The molecule has 0 aliphatic carbocycles. The van der Waals surface area contributed by atoms with E-state index in [-0.39, 0.29) is 11.3 Å². The summed E-state index contributed by atoms with van der Waals surface area (Å²) in [5.41, 5.74) is 2.15. The largest absolute Gasteiger partial charge is 0.321 e. The Morgan fingerprint density at radius 1 is 1.25 bits per heavy atom. The molecule has 0 atom stereocenters. The molecular formula is C17H12ClN3O3. The average Bonchev–Trinajstić information content (AvgIpc) is 2.58. The number of fused-ring (bicyclic) bond motifs is 1. The molecule has 120 valence electrons. The molecule has 0 saturated heterocycles. The van der Waals surface area contributed by atoms with Crippen LogP contribution in [0.2, 0.25) is 5.02 Å². The summed E-state index contributed by atoms with van der Waals surface area (Å²) < 4.78 is 0. The Bertz CT molecular complexity index is 972. The van der Waals surface area contributed by atoms with E-state index in [1.165, 1.54) is 24.3 Å². The first-order valence-electron chi connectivity index (χ1n) is 7.07. The van der Waals surface area contributed by atoms with Crippen LogP contribution in [-0.4, -0.2) is 15.8 Å². The van der Waals surface area contributed by atoms with Crippen LogP contribution in [0.25, 0.3) is 10.9 Å². The van der Waals surface area contributed by atoms with Gasteiger partial charge in [-0.2, -0.15) is 0 Å². The number of aryl methyl sites for hydroxylation is 1. The molecule has 7 heteroatoms. The maximum Gasteiger partial charge on any atom is 0.270 e. The Morgan fingerprint density at radius 2 is 2.04 bits per heavy atom. The zero-order valence-corrected chi connectivity index (χ0v) is 13.4. The van der Waals surface area contributed by atoms with Crippen molar-refractivity contribution in [3.05, 3.63) is 74.9 Å². The van der Waals surface area contributed by atoms with Gasteiger partial charge in [-0.3, -0.25) is 19.9 Å². The Kier molecular flexibility index (Phi) is 4.14. The minimum Gasteiger partial charge on any atom is -0.321 e. The van der Waals surface area contributed by atoms with E-state index in [4.69, 9.17) is 11.6 Å². The minimum absolute atomic E-state index is 0.134. The molecule has 24 heavy (non-hydrogen) atoms. The summed E-state index contributed by atoms with van der Waals surface area (Å²) in [7, 11) is 0. The molecule has 0 aliphatic heterocycles. The number of nitro groups is 1. The van der Waals surface area contributed by atoms with Crippen molar-refractivity contribution in [2.45, 2.75) is 6.92 Å². The molecule has 1 heterocycles. The van der Waals surface area contributed by atoms with E-state index in [1.807, 2.05) is 6.92 Å². The van der Waals surface area contributed by atoms with Crippen LogP contribution in [0.3, 0.4) is 0 Å². The molecule has 0 aliphatic rings. The molecule has 3 aromatic rings. The number of hydrogen-bond acceptors (Lipinski definition) is 4. The van der Waals surface area contributed by atoms with Gasteiger partial charge < -0.3 is 5.32 Å². The fraction of sp³-hybridized carbons (Fsp3) is 0.0588. The zero-order valence-electron chi connectivity index (χ0n) is 12.6. The maximum absolute atomic E-state index is 12.4. The van der Waals surface area contributed by atoms with Gasteiger partial charge in [0.2, 0.25) is 0 Å². The number of amides is 1. The van der Waals surface area contributed by atoms with Crippen molar-refractivity contribution in [3.63, 3.8) is 0 Å². The van der Waals surface area contributed by atoms with Crippen molar-refractivity contribution < 1.29 is 9.72 Å². The molecule has 2 aromatic carbocycles. The van der Waals surface area contributed by atoms with Gasteiger partial charge in [-0.1, -0.05) is 17.7 Å². The van der Waals surface area contributed by atoms with Gasteiger partial charge in [0.25, 0.3) is 11.6 Å². The van der Waals surface area contributed by atoms with Gasteiger partial charge in [0.05, 0.1) is 16.1 Å². The minimum atomic E-state index is -0.538. The number of carbonyl (C=O) groups is 1. The van der Waals surface area contributed by atoms with Crippen LogP contribution in [-0.2, 0) is 0 Å². The lowest BCUT2D eigenvalue weighted by Crippen LogP contribution is -2.12. The third-order valence-corrected chi connectivity index (χ3v) is 4.08. The molecule has 1 aromatic heterocycles. The van der Waals surface area contributed by atoms with Crippen molar-refractivity contribution in [1.29, 1.82) is 0 Å². The monoisotopic (exact) mass is 341 g/mol. The van der Waals surface area contributed by atoms with Gasteiger partial charge in [0.15, 0.2) is 0 Å². The number of non-ortho nitro benzene ring substituents is 1. The van der Waals surface area contributed by atoms with E-state index >= 15 is 0 Å². The molecule has 3 rings (SSSR count). The van der Waals surface area contributed by atoms with Gasteiger partial charge in [-0.25, -0.2) is 0 Å². The third-order valence-electron chi connectivity index (χ3n) is 3.67. The topological polar surface area (TPSA) is 85.1 Å². The highest BCUT2D eigenvalue weighted by Crippen LogP contribution is 2.29. The van der Waals surface area contributed by atoms with Crippen LogP contribution in [0, 0.1) is 17.0 Å². The first-order valence-corrected chi connectivity index (χ1v) is 7.45. The van der Waals surface area contributed by atoms with E-state index in [0.717, 1.165) is 10.9 Å². The predicted molar refractivity (Wildman–Crippen MR) is 92.5 cm³/mol. The Balaban J connectivity index is 1.98. The van der Waals surface area contributed by atoms with Crippen LogP contribution in [0.4, 0.5) is 11.4 Å². The van der Waals surface area contributed by atoms with E-state index < -0.39 is 10.8 Å². The number of nitrogens with zero attached hydrogens (tertiary/aromatic N) is 2. The van der Waals surface area contributed by atoms with E-state index in [1.54, 1.807) is 24.4 Å². The van der Waals surface area contributed by atoms with Crippen LogP contribution in [0.1, 0.15) is 15.9 Å². The smallest absolute Gasteiger partial charge is 0.270 e. The summed E-state index contributed by atoms with van der Waals surface area (Å²) in [6.45, 7) is 1.85. The first kappa shape index (κ1) is 15.9. The number of benzene rings is 2. The summed E-state index contributed by atoms with van der Waals surface area (Å²) in [5, 5.41) is 14.9. The number of nitrogens with one attached hydrogen (secondary N) is 1. The molecule has 0 spiro atoms. The van der Waals surface area contributed by atoms with Crippen LogP contribution in [0.15, 0.2) is 48.7 Å². The van der Waals surface area contributed by atoms with Gasteiger partial charge in [-0.05, 0) is 36.8 Å². The van der Waals surface area contributed by atoms with Crippen molar-refractivity contribution in [2.24, 2.45) is 0 Å². The van der Waals surface area contributed by atoms with Gasteiger partial charge in [-0.15, -0.1) is 0 Å².